The minimum Gasteiger partial charge on any atom is -0.332 e. The maximum Gasteiger partial charge on any atom is 0.254 e. The fraction of sp³-hybridized carbons (Fsp3) is 0.474. The fourth-order valence-corrected chi connectivity index (χ4v) is 3.25. The third-order valence-corrected chi connectivity index (χ3v) is 4.73. The summed E-state index contributed by atoms with van der Waals surface area (Å²) in [5.41, 5.74) is 5.67. The second-order valence-electron chi connectivity index (χ2n) is 7.44. The van der Waals surface area contributed by atoms with Crippen molar-refractivity contribution in [3.8, 4) is 0 Å². The molecular formula is C19H25N3O. The first-order chi connectivity index (χ1) is 10.8. The summed E-state index contributed by atoms with van der Waals surface area (Å²) in [4.78, 5) is 14.7. The second-order valence-corrected chi connectivity index (χ2v) is 7.44. The van der Waals surface area contributed by atoms with E-state index in [1.165, 1.54) is 11.1 Å². The minimum atomic E-state index is 0.105. The van der Waals surface area contributed by atoms with Crippen LogP contribution in [-0.2, 0) is 25.4 Å². The molecule has 23 heavy (non-hydrogen) atoms. The number of aromatic nitrogens is 2. The van der Waals surface area contributed by atoms with Crippen LogP contribution in [0.25, 0.3) is 0 Å². The Morgan fingerprint density at radius 1 is 1.17 bits per heavy atom. The van der Waals surface area contributed by atoms with Crippen LogP contribution in [0, 0.1) is 6.92 Å². The van der Waals surface area contributed by atoms with E-state index in [1.807, 2.05) is 35.7 Å². The highest BCUT2D eigenvalue weighted by atomic mass is 16.2. The van der Waals surface area contributed by atoms with Gasteiger partial charge >= 0.3 is 0 Å². The second kappa shape index (κ2) is 5.52. The normalized spacial score (nSPS) is 14.7. The first-order valence-corrected chi connectivity index (χ1v) is 8.18. The van der Waals surface area contributed by atoms with E-state index < -0.39 is 0 Å². The zero-order chi connectivity index (χ0) is 16.8. The van der Waals surface area contributed by atoms with E-state index in [1.54, 1.807) is 0 Å². The van der Waals surface area contributed by atoms with Crippen molar-refractivity contribution in [1.82, 2.24) is 14.7 Å². The number of amides is 1. The molecule has 1 amide bonds. The zero-order valence-electron chi connectivity index (χ0n) is 14.7. The largest absolute Gasteiger partial charge is 0.332 e. The lowest BCUT2D eigenvalue weighted by molar-refractivity contribution is 0.0730. The molecule has 122 valence electrons. The molecule has 1 aromatic heterocycles. The van der Waals surface area contributed by atoms with Crippen molar-refractivity contribution in [2.24, 2.45) is 7.05 Å². The van der Waals surface area contributed by atoms with Crippen molar-refractivity contribution in [2.75, 3.05) is 6.54 Å². The molecule has 0 spiro atoms. The molecule has 2 heterocycles. The van der Waals surface area contributed by atoms with Crippen molar-refractivity contribution in [2.45, 2.75) is 46.1 Å². The van der Waals surface area contributed by atoms with Crippen molar-refractivity contribution in [1.29, 1.82) is 0 Å². The summed E-state index contributed by atoms with van der Waals surface area (Å²) in [6.45, 7) is 10.00. The minimum absolute atomic E-state index is 0.105. The van der Waals surface area contributed by atoms with E-state index in [2.05, 4.69) is 38.0 Å². The maximum absolute atomic E-state index is 12.8. The van der Waals surface area contributed by atoms with Gasteiger partial charge in [0.25, 0.3) is 5.91 Å². The number of hydrogen-bond donors (Lipinski definition) is 0. The summed E-state index contributed by atoms with van der Waals surface area (Å²) < 4.78 is 1.91. The van der Waals surface area contributed by atoms with Gasteiger partial charge in [-0.15, -0.1) is 0 Å². The van der Waals surface area contributed by atoms with Gasteiger partial charge < -0.3 is 4.90 Å². The van der Waals surface area contributed by atoms with Gasteiger partial charge in [-0.3, -0.25) is 9.48 Å². The number of aryl methyl sites for hydroxylation is 2. The number of rotatable bonds is 1. The Labute approximate surface area is 138 Å². The molecule has 0 atom stereocenters. The van der Waals surface area contributed by atoms with E-state index in [-0.39, 0.29) is 11.3 Å². The fourth-order valence-electron chi connectivity index (χ4n) is 3.25. The van der Waals surface area contributed by atoms with Gasteiger partial charge in [-0.2, -0.15) is 5.10 Å². The number of hydrogen-bond acceptors (Lipinski definition) is 2. The topological polar surface area (TPSA) is 38.1 Å². The average molecular weight is 311 g/mol. The third kappa shape index (κ3) is 2.90. The number of carbonyl (C=O) groups excluding carboxylic acids is 1. The SMILES string of the molecule is Cc1nn(C)c2c1CCN(C(=O)c1ccc(C(C)(C)C)cc1)C2. The van der Waals surface area contributed by atoms with Gasteiger partial charge in [0, 0.05) is 19.2 Å². The van der Waals surface area contributed by atoms with Crippen LogP contribution >= 0.6 is 0 Å². The first-order valence-electron chi connectivity index (χ1n) is 8.18. The smallest absolute Gasteiger partial charge is 0.254 e. The van der Waals surface area contributed by atoms with E-state index >= 15 is 0 Å². The summed E-state index contributed by atoms with van der Waals surface area (Å²) in [5.74, 6) is 0.106. The Morgan fingerprint density at radius 2 is 1.83 bits per heavy atom. The lowest BCUT2D eigenvalue weighted by Crippen LogP contribution is -2.36. The van der Waals surface area contributed by atoms with Crippen LogP contribution in [0.2, 0.25) is 0 Å². The molecule has 0 fully saturated rings. The van der Waals surface area contributed by atoms with Gasteiger partial charge in [-0.05, 0) is 42.0 Å². The van der Waals surface area contributed by atoms with Gasteiger partial charge in [0.05, 0.1) is 17.9 Å². The summed E-state index contributed by atoms with van der Waals surface area (Å²) in [6, 6.07) is 8.04. The molecule has 0 N–H and O–H groups in total. The van der Waals surface area contributed by atoms with Crippen LogP contribution in [0.3, 0.4) is 0 Å². The number of carbonyl (C=O) groups is 1. The molecule has 1 aliphatic rings. The van der Waals surface area contributed by atoms with E-state index in [4.69, 9.17) is 0 Å². The van der Waals surface area contributed by atoms with Crippen molar-refractivity contribution in [3.63, 3.8) is 0 Å². The molecule has 0 unspecified atom stereocenters. The summed E-state index contributed by atoms with van der Waals surface area (Å²) in [5, 5.41) is 4.48. The molecule has 4 nitrogen and oxygen atoms in total. The molecule has 4 heteroatoms. The monoisotopic (exact) mass is 311 g/mol. The van der Waals surface area contributed by atoms with Crippen molar-refractivity contribution < 1.29 is 4.79 Å². The van der Waals surface area contributed by atoms with E-state index in [0.717, 1.165) is 29.9 Å². The van der Waals surface area contributed by atoms with Crippen LogP contribution in [0.5, 0.6) is 0 Å². The van der Waals surface area contributed by atoms with Gasteiger partial charge in [-0.1, -0.05) is 32.9 Å². The number of benzene rings is 1. The molecule has 0 saturated carbocycles. The van der Waals surface area contributed by atoms with Crippen LogP contribution < -0.4 is 0 Å². The zero-order valence-corrected chi connectivity index (χ0v) is 14.7. The van der Waals surface area contributed by atoms with Gasteiger partial charge in [0.2, 0.25) is 0 Å². The Bertz CT molecular complexity index is 735. The van der Waals surface area contributed by atoms with Crippen LogP contribution in [0.4, 0.5) is 0 Å². The van der Waals surface area contributed by atoms with Gasteiger partial charge in [-0.25, -0.2) is 0 Å². The van der Waals surface area contributed by atoms with Crippen LogP contribution in [-0.4, -0.2) is 27.1 Å². The first kappa shape index (κ1) is 15.8. The molecule has 1 aromatic carbocycles. The highest BCUT2D eigenvalue weighted by molar-refractivity contribution is 5.94. The highest BCUT2D eigenvalue weighted by Gasteiger charge is 2.26. The molecule has 2 aromatic rings. The Morgan fingerprint density at radius 3 is 2.43 bits per heavy atom. The van der Waals surface area contributed by atoms with Crippen LogP contribution in [0.1, 0.15) is 53.6 Å². The van der Waals surface area contributed by atoms with Gasteiger partial charge in [0.1, 0.15) is 0 Å². The summed E-state index contributed by atoms with van der Waals surface area (Å²) >= 11 is 0. The molecule has 0 bridgehead atoms. The van der Waals surface area contributed by atoms with E-state index in [0.29, 0.717) is 6.54 Å². The number of fused-ring (bicyclic) bond motifs is 1. The third-order valence-electron chi connectivity index (χ3n) is 4.73. The Hall–Kier alpha value is -2.10. The summed E-state index contributed by atoms with van der Waals surface area (Å²) in [7, 11) is 1.96. The highest BCUT2D eigenvalue weighted by Crippen LogP contribution is 2.25. The van der Waals surface area contributed by atoms with Gasteiger partial charge in [0.15, 0.2) is 0 Å². The predicted octanol–water partition coefficient (Wildman–Crippen LogP) is 3.22. The quantitative estimate of drug-likeness (QED) is 0.811. The average Bonchev–Trinajstić information content (AvgIpc) is 2.80. The number of nitrogens with zero attached hydrogens (tertiary/aromatic N) is 3. The molecule has 0 saturated heterocycles. The molecule has 0 aliphatic carbocycles. The lowest BCUT2D eigenvalue weighted by Gasteiger charge is -2.28. The van der Waals surface area contributed by atoms with Crippen molar-refractivity contribution in [3.05, 3.63) is 52.3 Å². The standard InChI is InChI=1S/C19H25N3O/c1-13-16-10-11-22(12-17(16)21(5)20-13)18(23)14-6-8-15(9-7-14)19(2,3)4/h6-9H,10-12H2,1-5H3. The molecule has 0 radical (unpaired) electrons. The Kier molecular flexibility index (Phi) is 3.78. The Balaban J connectivity index is 1.80. The van der Waals surface area contributed by atoms with Crippen molar-refractivity contribution >= 4 is 5.91 Å². The van der Waals surface area contributed by atoms with Crippen LogP contribution in [0.15, 0.2) is 24.3 Å². The molecular weight excluding hydrogens is 286 g/mol. The molecule has 1 aliphatic heterocycles. The molecule has 3 rings (SSSR count). The van der Waals surface area contributed by atoms with E-state index in [9.17, 15) is 4.79 Å². The lowest BCUT2D eigenvalue weighted by atomic mass is 9.86. The predicted molar refractivity (Wildman–Crippen MR) is 91.5 cm³/mol. The summed E-state index contributed by atoms with van der Waals surface area (Å²) in [6.07, 6.45) is 0.890. The maximum atomic E-state index is 12.8.